The summed E-state index contributed by atoms with van der Waals surface area (Å²) in [6.07, 6.45) is 2.89. The highest BCUT2D eigenvalue weighted by Gasteiger charge is 2.29. The molecule has 1 fully saturated rings. The van der Waals surface area contributed by atoms with Gasteiger partial charge in [0.25, 0.3) is 5.91 Å². The van der Waals surface area contributed by atoms with Gasteiger partial charge in [-0.1, -0.05) is 0 Å². The van der Waals surface area contributed by atoms with Crippen LogP contribution in [0.15, 0.2) is 18.3 Å². The van der Waals surface area contributed by atoms with E-state index in [0.717, 1.165) is 10.9 Å². The molecule has 3 rings (SSSR count). The number of carboxylic acids is 1. The summed E-state index contributed by atoms with van der Waals surface area (Å²) in [6, 6.07) is 3.70. The second kappa shape index (κ2) is 7.15. The largest absolute Gasteiger partial charge is 0.481 e. The van der Waals surface area contributed by atoms with Gasteiger partial charge in [-0.3, -0.25) is 19.5 Å². The Morgan fingerprint density at radius 2 is 2.15 bits per heavy atom. The number of benzene rings is 1. The molecule has 1 unspecified atom stereocenters. The summed E-state index contributed by atoms with van der Waals surface area (Å²) in [4.78, 5) is 39.4. The molecule has 1 aliphatic rings. The van der Waals surface area contributed by atoms with E-state index in [0.29, 0.717) is 30.5 Å². The van der Waals surface area contributed by atoms with Crippen LogP contribution in [0.2, 0.25) is 0 Å². The molecule has 1 aromatic heterocycles. The van der Waals surface area contributed by atoms with Crippen LogP contribution in [0.1, 0.15) is 28.8 Å². The van der Waals surface area contributed by atoms with Crippen LogP contribution in [-0.2, 0) is 9.59 Å². The summed E-state index contributed by atoms with van der Waals surface area (Å²) < 4.78 is 0. The molecule has 0 radical (unpaired) electrons. The van der Waals surface area contributed by atoms with E-state index in [-0.39, 0.29) is 24.9 Å². The molecule has 2 amide bonds. The smallest absolute Gasteiger partial charge is 0.308 e. The van der Waals surface area contributed by atoms with Gasteiger partial charge >= 0.3 is 5.97 Å². The zero-order chi connectivity index (χ0) is 18.8. The molecule has 26 heavy (non-hydrogen) atoms. The highest BCUT2D eigenvalue weighted by atomic mass is 16.4. The van der Waals surface area contributed by atoms with E-state index in [2.05, 4.69) is 10.2 Å². The number of carbonyl (C=O) groups is 3. The number of aliphatic carboxylic acids is 1. The van der Waals surface area contributed by atoms with Crippen molar-refractivity contribution in [2.75, 3.05) is 26.7 Å². The monoisotopic (exact) mass is 358 g/mol. The topological polar surface area (TPSA) is 107 Å². The van der Waals surface area contributed by atoms with E-state index < -0.39 is 11.9 Å². The first kappa shape index (κ1) is 17.9. The van der Waals surface area contributed by atoms with Crippen LogP contribution in [0, 0.1) is 12.8 Å². The molecular formula is C18H22N4O4. The number of likely N-dealkylation sites (N-methyl/N-ethyl adjacent to an activating group) is 1. The minimum Gasteiger partial charge on any atom is -0.481 e. The maximum atomic E-state index is 12.8. The molecule has 2 aromatic rings. The van der Waals surface area contributed by atoms with E-state index in [4.69, 9.17) is 5.11 Å². The number of nitrogens with zero attached hydrogens (tertiary/aromatic N) is 3. The number of aromatic amines is 1. The van der Waals surface area contributed by atoms with Crippen molar-refractivity contribution in [2.45, 2.75) is 19.8 Å². The van der Waals surface area contributed by atoms with Crippen LogP contribution >= 0.6 is 0 Å². The highest BCUT2D eigenvalue weighted by Crippen LogP contribution is 2.20. The fourth-order valence-electron chi connectivity index (χ4n) is 3.36. The molecule has 0 aliphatic carbocycles. The molecule has 0 bridgehead atoms. The maximum absolute atomic E-state index is 12.8. The van der Waals surface area contributed by atoms with E-state index in [1.165, 1.54) is 9.80 Å². The van der Waals surface area contributed by atoms with E-state index in [1.807, 2.05) is 13.0 Å². The number of amides is 2. The van der Waals surface area contributed by atoms with Crippen LogP contribution in [0.5, 0.6) is 0 Å². The number of hydrogen-bond donors (Lipinski definition) is 2. The summed E-state index contributed by atoms with van der Waals surface area (Å²) >= 11 is 0. The molecule has 1 aliphatic heterocycles. The fraction of sp³-hybridized carbons (Fsp3) is 0.444. The molecule has 8 nitrogen and oxygen atoms in total. The summed E-state index contributed by atoms with van der Waals surface area (Å²) in [5, 5.41) is 16.8. The number of nitrogens with one attached hydrogen (secondary N) is 1. The van der Waals surface area contributed by atoms with E-state index in [9.17, 15) is 14.4 Å². The third kappa shape index (κ3) is 3.54. The molecular weight excluding hydrogens is 336 g/mol. The number of rotatable bonds is 4. The Hall–Kier alpha value is -2.90. The van der Waals surface area contributed by atoms with Crippen molar-refractivity contribution in [3.05, 3.63) is 29.5 Å². The fourth-order valence-corrected chi connectivity index (χ4v) is 3.36. The lowest BCUT2D eigenvalue weighted by molar-refractivity contribution is -0.145. The van der Waals surface area contributed by atoms with Gasteiger partial charge in [0, 0.05) is 25.5 Å². The minimum absolute atomic E-state index is 0.0885. The summed E-state index contributed by atoms with van der Waals surface area (Å²) in [5.74, 6) is -1.92. The van der Waals surface area contributed by atoms with E-state index in [1.54, 1.807) is 19.3 Å². The zero-order valence-corrected chi connectivity index (χ0v) is 14.9. The third-order valence-corrected chi connectivity index (χ3v) is 4.77. The number of H-pyrrole nitrogens is 1. The van der Waals surface area contributed by atoms with Crippen molar-refractivity contribution < 1.29 is 19.5 Å². The van der Waals surface area contributed by atoms with Crippen molar-refractivity contribution in [1.29, 1.82) is 0 Å². The highest BCUT2D eigenvalue weighted by molar-refractivity contribution is 6.06. The maximum Gasteiger partial charge on any atom is 0.308 e. The van der Waals surface area contributed by atoms with Gasteiger partial charge in [0.1, 0.15) is 0 Å². The Labute approximate surface area is 150 Å². The molecule has 0 spiro atoms. The Balaban J connectivity index is 1.71. The average Bonchev–Trinajstić information content (AvgIpc) is 3.08. The number of piperidine rings is 1. The zero-order valence-electron chi connectivity index (χ0n) is 14.9. The lowest BCUT2D eigenvalue weighted by Crippen LogP contribution is -2.46. The Morgan fingerprint density at radius 3 is 2.88 bits per heavy atom. The molecule has 1 aromatic carbocycles. The number of aryl methyl sites for hydroxylation is 1. The van der Waals surface area contributed by atoms with Crippen molar-refractivity contribution in [1.82, 2.24) is 20.0 Å². The first-order valence-electron chi connectivity index (χ1n) is 8.56. The average molecular weight is 358 g/mol. The van der Waals surface area contributed by atoms with Crippen LogP contribution in [0.25, 0.3) is 10.9 Å². The first-order chi connectivity index (χ1) is 12.4. The van der Waals surface area contributed by atoms with Gasteiger partial charge in [0.15, 0.2) is 0 Å². The quantitative estimate of drug-likeness (QED) is 0.856. The third-order valence-electron chi connectivity index (χ3n) is 4.77. The molecule has 2 N–H and O–H groups in total. The molecule has 1 atom stereocenters. The molecule has 1 saturated heterocycles. The normalized spacial score (nSPS) is 17.3. The predicted molar refractivity (Wildman–Crippen MR) is 94.7 cm³/mol. The van der Waals surface area contributed by atoms with Crippen LogP contribution in [-0.4, -0.2) is 69.6 Å². The number of hydrogen-bond acceptors (Lipinski definition) is 4. The first-order valence-corrected chi connectivity index (χ1v) is 8.56. The Morgan fingerprint density at radius 1 is 1.38 bits per heavy atom. The van der Waals surface area contributed by atoms with Gasteiger partial charge in [-0.15, -0.1) is 0 Å². The minimum atomic E-state index is -0.881. The van der Waals surface area contributed by atoms with Crippen molar-refractivity contribution in [3.63, 3.8) is 0 Å². The van der Waals surface area contributed by atoms with Crippen LogP contribution in [0.4, 0.5) is 0 Å². The number of carbonyl (C=O) groups excluding carboxylic acids is 2. The van der Waals surface area contributed by atoms with Gasteiger partial charge < -0.3 is 14.9 Å². The number of aromatic nitrogens is 2. The lowest BCUT2D eigenvalue weighted by Gasteiger charge is -2.32. The van der Waals surface area contributed by atoms with Gasteiger partial charge in [0.2, 0.25) is 5.91 Å². The summed E-state index contributed by atoms with van der Waals surface area (Å²) in [6.45, 7) is 2.54. The summed E-state index contributed by atoms with van der Waals surface area (Å²) in [5.41, 5.74) is 2.04. The van der Waals surface area contributed by atoms with Crippen molar-refractivity contribution >= 4 is 28.7 Å². The summed E-state index contributed by atoms with van der Waals surface area (Å²) in [7, 11) is 1.57. The lowest BCUT2D eigenvalue weighted by atomic mass is 9.98. The Bertz CT molecular complexity index is 860. The van der Waals surface area contributed by atoms with Gasteiger partial charge in [-0.05, 0) is 37.5 Å². The second-order valence-corrected chi connectivity index (χ2v) is 6.83. The number of likely N-dealkylation sites (tertiary alicyclic amines) is 1. The van der Waals surface area contributed by atoms with Gasteiger partial charge in [0.05, 0.1) is 29.7 Å². The molecule has 0 saturated carbocycles. The SMILES string of the molecule is Cc1cc(C(=O)N(C)CC(=O)N2CCCC(C(=O)O)C2)c2[nH]ncc2c1. The molecule has 2 heterocycles. The number of fused-ring (bicyclic) bond motifs is 1. The predicted octanol–water partition coefficient (Wildman–Crippen LogP) is 1.27. The van der Waals surface area contributed by atoms with Crippen LogP contribution < -0.4 is 0 Å². The standard InChI is InChI=1S/C18H22N4O4/c1-11-6-13-8-19-20-16(13)14(7-11)17(24)21(2)10-15(23)22-5-3-4-12(9-22)18(25)26/h6-8,12H,3-5,9-10H2,1-2H3,(H,19,20)(H,25,26). The van der Waals surface area contributed by atoms with Crippen molar-refractivity contribution in [2.24, 2.45) is 5.92 Å². The van der Waals surface area contributed by atoms with Crippen molar-refractivity contribution in [3.8, 4) is 0 Å². The van der Waals surface area contributed by atoms with E-state index >= 15 is 0 Å². The van der Waals surface area contributed by atoms with Gasteiger partial charge in [-0.2, -0.15) is 5.10 Å². The molecule has 138 valence electrons. The second-order valence-electron chi connectivity index (χ2n) is 6.83. The molecule has 8 heteroatoms. The Kier molecular flexibility index (Phi) is 4.92. The van der Waals surface area contributed by atoms with Crippen LogP contribution in [0.3, 0.4) is 0 Å². The number of carboxylic acid groups (broad SMARTS) is 1. The van der Waals surface area contributed by atoms with Gasteiger partial charge in [-0.25, -0.2) is 0 Å².